The second-order valence-corrected chi connectivity index (χ2v) is 5.78. The predicted molar refractivity (Wildman–Crippen MR) is 85.6 cm³/mol. The Morgan fingerprint density at radius 2 is 1.82 bits per heavy atom. The van der Waals surface area contributed by atoms with E-state index in [9.17, 15) is 9.18 Å². The Kier molecular flexibility index (Phi) is 4.29. The third-order valence-corrected chi connectivity index (χ3v) is 4.12. The molecule has 22 heavy (non-hydrogen) atoms. The quantitative estimate of drug-likeness (QED) is 0.843. The van der Waals surface area contributed by atoms with Gasteiger partial charge in [0.2, 0.25) is 0 Å². The van der Waals surface area contributed by atoms with Crippen LogP contribution in [0.25, 0.3) is 0 Å². The van der Waals surface area contributed by atoms with Crippen molar-refractivity contribution in [2.45, 2.75) is 18.9 Å². The lowest BCUT2D eigenvalue weighted by Crippen LogP contribution is -2.34. The van der Waals surface area contributed by atoms with Gasteiger partial charge in [-0.3, -0.25) is 0 Å². The van der Waals surface area contributed by atoms with Crippen LogP contribution >= 0.6 is 11.6 Å². The van der Waals surface area contributed by atoms with Crippen LogP contribution in [-0.2, 0) is 0 Å². The highest BCUT2D eigenvalue weighted by atomic mass is 35.5. The first-order valence-electron chi connectivity index (χ1n) is 7.22. The van der Waals surface area contributed by atoms with Crippen LogP contribution in [0.4, 0.5) is 14.9 Å². The number of likely N-dealkylation sites (tertiary alicyclic amines) is 1. The van der Waals surface area contributed by atoms with Gasteiger partial charge >= 0.3 is 6.03 Å². The zero-order valence-corrected chi connectivity index (χ0v) is 12.7. The molecule has 0 radical (unpaired) electrons. The molecule has 114 valence electrons. The van der Waals surface area contributed by atoms with E-state index in [0.717, 1.165) is 18.4 Å². The van der Waals surface area contributed by atoms with Crippen molar-refractivity contribution < 1.29 is 9.18 Å². The summed E-state index contributed by atoms with van der Waals surface area (Å²) in [7, 11) is 0. The summed E-state index contributed by atoms with van der Waals surface area (Å²) in [5.41, 5.74) is 1.67. The van der Waals surface area contributed by atoms with Gasteiger partial charge in [-0.15, -0.1) is 0 Å². The molecule has 1 N–H and O–H groups in total. The summed E-state index contributed by atoms with van der Waals surface area (Å²) >= 11 is 5.84. The van der Waals surface area contributed by atoms with Crippen molar-refractivity contribution in [1.82, 2.24) is 4.90 Å². The molecule has 0 unspecified atom stereocenters. The fourth-order valence-electron chi connectivity index (χ4n) is 2.77. The molecule has 1 atom stereocenters. The van der Waals surface area contributed by atoms with Crippen molar-refractivity contribution in [2.75, 3.05) is 11.9 Å². The Balaban J connectivity index is 1.73. The van der Waals surface area contributed by atoms with Crippen LogP contribution in [0.1, 0.15) is 24.4 Å². The highest BCUT2D eigenvalue weighted by Crippen LogP contribution is 2.32. The van der Waals surface area contributed by atoms with E-state index in [4.69, 9.17) is 11.6 Å². The monoisotopic (exact) mass is 318 g/mol. The van der Waals surface area contributed by atoms with E-state index in [1.807, 2.05) is 0 Å². The molecule has 1 aliphatic heterocycles. The maximum atomic E-state index is 13.0. The van der Waals surface area contributed by atoms with Gasteiger partial charge in [0, 0.05) is 17.3 Å². The van der Waals surface area contributed by atoms with Crippen LogP contribution in [0.5, 0.6) is 0 Å². The van der Waals surface area contributed by atoms with Crippen LogP contribution in [0.2, 0.25) is 5.02 Å². The van der Waals surface area contributed by atoms with E-state index < -0.39 is 0 Å². The smallest absolute Gasteiger partial charge is 0.317 e. The summed E-state index contributed by atoms with van der Waals surface area (Å²) in [4.78, 5) is 14.3. The van der Waals surface area contributed by atoms with Crippen LogP contribution in [0.15, 0.2) is 48.5 Å². The average Bonchev–Trinajstić information content (AvgIpc) is 3.00. The normalized spacial score (nSPS) is 17.5. The first-order valence-corrected chi connectivity index (χ1v) is 7.60. The van der Waals surface area contributed by atoms with Crippen molar-refractivity contribution in [1.29, 1.82) is 0 Å². The van der Waals surface area contributed by atoms with Gasteiger partial charge in [0.05, 0.1) is 6.04 Å². The maximum absolute atomic E-state index is 13.0. The second-order valence-electron chi connectivity index (χ2n) is 5.34. The van der Waals surface area contributed by atoms with Crippen LogP contribution < -0.4 is 5.32 Å². The molecule has 0 bridgehead atoms. The van der Waals surface area contributed by atoms with Crippen LogP contribution in [0.3, 0.4) is 0 Å². The molecule has 2 aromatic carbocycles. The number of carbonyl (C=O) groups excluding carboxylic acids is 1. The third kappa shape index (κ3) is 3.22. The second kappa shape index (κ2) is 6.36. The number of carbonyl (C=O) groups is 1. The lowest BCUT2D eigenvalue weighted by atomic mass is 10.0. The van der Waals surface area contributed by atoms with Crippen LogP contribution in [-0.4, -0.2) is 17.5 Å². The minimum absolute atomic E-state index is 0.00657. The Labute approximate surface area is 133 Å². The molecule has 1 saturated heterocycles. The summed E-state index contributed by atoms with van der Waals surface area (Å²) in [6.45, 7) is 0.696. The van der Waals surface area contributed by atoms with E-state index in [2.05, 4.69) is 5.32 Å². The molecule has 0 saturated carbocycles. The van der Waals surface area contributed by atoms with Crippen molar-refractivity contribution >= 4 is 23.3 Å². The van der Waals surface area contributed by atoms with Gasteiger partial charge in [-0.05, 0) is 54.8 Å². The van der Waals surface area contributed by atoms with Gasteiger partial charge < -0.3 is 10.2 Å². The minimum Gasteiger partial charge on any atom is -0.317 e. The van der Waals surface area contributed by atoms with Crippen molar-refractivity contribution in [3.8, 4) is 0 Å². The topological polar surface area (TPSA) is 32.3 Å². The van der Waals surface area contributed by atoms with Gasteiger partial charge in [-0.2, -0.15) is 0 Å². The van der Waals surface area contributed by atoms with Crippen molar-refractivity contribution in [3.63, 3.8) is 0 Å². The molecule has 3 rings (SSSR count). The zero-order valence-electron chi connectivity index (χ0n) is 11.9. The Morgan fingerprint density at radius 3 is 2.50 bits per heavy atom. The van der Waals surface area contributed by atoms with E-state index in [-0.39, 0.29) is 17.9 Å². The van der Waals surface area contributed by atoms with Crippen molar-refractivity contribution in [2.24, 2.45) is 0 Å². The average molecular weight is 319 g/mol. The summed E-state index contributed by atoms with van der Waals surface area (Å²) < 4.78 is 13.0. The lowest BCUT2D eigenvalue weighted by Gasteiger charge is -2.25. The van der Waals surface area contributed by atoms with Crippen LogP contribution in [0, 0.1) is 5.82 Å². The number of nitrogens with one attached hydrogen (secondary N) is 1. The van der Waals surface area contributed by atoms with Gasteiger partial charge in [0.15, 0.2) is 0 Å². The van der Waals surface area contributed by atoms with E-state index in [1.165, 1.54) is 12.1 Å². The minimum atomic E-state index is -0.265. The van der Waals surface area contributed by atoms with E-state index in [1.54, 1.807) is 41.3 Å². The van der Waals surface area contributed by atoms with Crippen molar-refractivity contribution in [3.05, 3.63) is 64.9 Å². The Bertz CT molecular complexity index is 657. The van der Waals surface area contributed by atoms with Gasteiger partial charge in [0.25, 0.3) is 0 Å². The molecule has 1 heterocycles. The number of halogens is 2. The maximum Gasteiger partial charge on any atom is 0.322 e. The number of urea groups is 1. The number of anilines is 1. The fraction of sp³-hybridized carbons (Fsp3) is 0.235. The molecule has 5 heteroatoms. The fourth-order valence-corrected chi connectivity index (χ4v) is 2.90. The largest absolute Gasteiger partial charge is 0.322 e. The molecule has 1 aliphatic rings. The Morgan fingerprint density at radius 1 is 1.14 bits per heavy atom. The molecule has 0 aliphatic carbocycles. The van der Waals surface area contributed by atoms with E-state index >= 15 is 0 Å². The Hall–Kier alpha value is -2.07. The molecular formula is C17H16ClFN2O. The third-order valence-electron chi connectivity index (χ3n) is 3.86. The highest BCUT2D eigenvalue weighted by Gasteiger charge is 2.29. The first kappa shape index (κ1) is 14.9. The highest BCUT2D eigenvalue weighted by molar-refractivity contribution is 6.30. The molecule has 0 aromatic heterocycles. The summed E-state index contributed by atoms with van der Waals surface area (Å²) in [5, 5.41) is 3.50. The van der Waals surface area contributed by atoms with Gasteiger partial charge in [-0.1, -0.05) is 23.7 Å². The van der Waals surface area contributed by atoms with Gasteiger partial charge in [0.1, 0.15) is 5.82 Å². The van der Waals surface area contributed by atoms with Gasteiger partial charge in [-0.25, -0.2) is 9.18 Å². The number of hydrogen-bond acceptors (Lipinski definition) is 1. The summed E-state index contributed by atoms with van der Waals surface area (Å²) in [6, 6.07) is 13.2. The predicted octanol–water partition coefficient (Wildman–Crippen LogP) is 4.85. The first-order chi connectivity index (χ1) is 10.6. The number of hydrogen-bond donors (Lipinski definition) is 1. The number of nitrogens with zero attached hydrogens (tertiary/aromatic N) is 1. The summed E-state index contributed by atoms with van der Waals surface area (Å²) in [6.07, 6.45) is 1.83. The molecule has 3 nitrogen and oxygen atoms in total. The number of benzene rings is 2. The summed E-state index contributed by atoms with van der Waals surface area (Å²) in [5.74, 6) is -0.265. The molecule has 2 aromatic rings. The molecule has 1 fully saturated rings. The standard InChI is InChI=1S/C17H16ClFN2O/c18-13-5-9-15(10-6-13)20-17(22)21-11-1-2-16(21)12-3-7-14(19)8-4-12/h3-10,16H,1-2,11H2,(H,20,22)/t16-/m1/s1. The SMILES string of the molecule is O=C(Nc1ccc(Cl)cc1)N1CCC[C@@H]1c1ccc(F)cc1. The number of amides is 2. The number of rotatable bonds is 2. The molecule has 0 spiro atoms. The molecular weight excluding hydrogens is 303 g/mol. The molecule has 2 amide bonds. The zero-order chi connectivity index (χ0) is 15.5. The lowest BCUT2D eigenvalue weighted by molar-refractivity contribution is 0.207. The van der Waals surface area contributed by atoms with E-state index in [0.29, 0.717) is 17.3 Å².